The highest BCUT2D eigenvalue weighted by Crippen LogP contribution is 2.18. The average Bonchev–Trinajstić information content (AvgIpc) is 2.62. The predicted molar refractivity (Wildman–Crippen MR) is 97.7 cm³/mol. The van der Waals surface area contributed by atoms with Crippen molar-refractivity contribution in [2.75, 3.05) is 18.4 Å². The molecule has 0 bridgehead atoms. The largest absolute Gasteiger partial charge is 0.339 e. The molecule has 1 aromatic carbocycles. The molecule has 2 aromatic rings. The van der Waals surface area contributed by atoms with Gasteiger partial charge in [-0.3, -0.25) is 14.6 Å². The third-order valence-electron chi connectivity index (χ3n) is 4.59. The van der Waals surface area contributed by atoms with E-state index in [0.29, 0.717) is 17.0 Å². The Morgan fingerprint density at radius 3 is 2.56 bits per heavy atom. The third-order valence-corrected chi connectivity index (χ3v) is 4.59. The van der Waals surface area contributed by atoms with Gasteiger partial charge in [0.2, 0.25) is 0 Å². The van der Waals surface area contributed by atoms with Crippen molar-refractivity contribution in [3.05, 3.63) is 59.4 Å². The number of rotatable bonds is 3. The molecule has 2 heterocycles. The van der Waals surface area contributed by atoms with Crippen LogP contribution in [0.2, 0.25) is 0 Å². The molecule has 2 amide bonds. The van der Waals surface area contributed by atoms with Crippen molar-refractivity contribution in [3.8, 4) is 0 Å². The number of aromatic nitrogens is 1. The predicted octanol–water partition coefficient (Wildman–Crippen LogP) is 3.51. The zero-order valence-electron chi connectivity index (χ0n) is 14.7. The highest BCUT2D eigenvalue weighted by Gasteiger charge is 2.22. The third kappa shape index (κ3) is 4.24. The highest BCUT2D eigenvalue weighted by atomic mass is 16.2. The number of carbonyl (C=O) groups excluding carboxylic acids is 2. The van der Waals surface area contributed by atoms with Crippen molar-refractivity contribution in [1.82, 2.24) is 9.88 Å². The Bertz CT molecular complexity index is 780. The summed E-state index contributed by atoms with van der Waals surface area (Å²) in [7, 11) is 0. The van der Waals surface area contributed by atoms with E-state index < -0.39 is 0 Å². The molecule has 1 saturated heterocycles. The summed E-state index contributed by atoms with van der Waals surface area (Å²) in [4.78, 5) is 31.0. The van der Waals surface area contributed by atoms with Crippen LogP contribution in [0.4, 0.5) is 5.69 Å². The first-order valence-corrected chi connectivity index (χ1v) is 8.65. The van der Waals surface area contributed by atoms with Crippen molar-refractivity contribution < 1.29 is 9.59 Å². The molecule has 5 heteroatoms. The van der Waals surface area contributed by atoms with Gasteiger partial charge in [0.1, 0.15) is 0 Å². The average molecular weight is 337 g/mol. The van der Waals surface area contributed by atoms with Crippen molar-refractivity contribution in [2.24, 2.45) is 5.92 Å². The Labute approximate surface area is 148 Å². The summed E-state index contributed by atoms with van der Waals surface area (Å²) in [6.45, 7) is 5.70. The second-order valence-electron chi connectivity index (χ2n) is 6.76. The topological polar surface area (TPSA) is 62.3 Å². The van der Waals surface area contributed by atoms with Gasteiger partial charge in [0.25, 0.3) is 11.8 Å². The first-order valence-electron chi connectivity index (χ1n) is 8.65. The van der Waals surface area contributed by atoms with Crippen LogP contribution in [-0.2, 0) is 0 Å². The molecule has 25 heavy (non-hydrogen) atoms. The van der Waals surface area contributed by atoms with Crippen LogP contribution in [0, 0.1) is 12.8 Å². The van der Waals surface area contributed by atoms with E-state index in [0.717, 1.165) is 37.2 Å². The maximum atomic E-state index is 12.6. The van der Waals surface area contributed by atoms with Gasteiger partial charge in [0.15, 0.2) is 0 Å². The number of hydrogen-bond donors (Lipinski definition) is 1. The first kappa shape index (κ1) is 17.1. The smallest absolute Gasteiger partial charge is 0.257 e. The lowest BCUT2D eigenvalue weighted by molar-refractivity contribution is 0.0697. The summed E-state index contributed by atoms with van der Waals surface area (Å²) in [6.07, 6.45) is 5.06. The molecule has 1 aromatic heterocycles. The molecule has 0 aliphatic carbocycles. The van der Waals surface area contributed by atoms with Gasteiger partial charge in [-0.2, -0.15) is 0 Å². The van der Waals surface area contributed by atoms with Gasteiger partial charge in [-0.25, -0.2) is 0 Å². The summed E-state index contributed by atoms with van der Waals surface area (Å²) in [5, 5.41) is 2.85. The Morgan fingerprint density at radius 2 is 1.84 bits per heavy atom. The second kappa shape index (κ2) is 7.47. The number of carbonyl (C=O) groups is 2. The number of aryl methyl sites for hydroxylation is 1. The fourth-order valence-electron chi connectivity index (χ4n) is 3.00. The van der Waals surface area contributed by atoms with Gasteiger partial charge in [0, 0.05) is 31.2 Å². The minimum absolute atomic E-state index is 0.0513. The van der Waals surface area contributed by atoms with Crippen molar-refractivity contribution >= 4 is 17.5 Å². The molecule has 1 N–H and O–H groups in total. The minimum atomic E-state index is -0.264. The number of amides is 2. The number of hydrogen-bond acceptors (Lipinski definition) is 3. The van der Waals surface area contributed by atoms with E-state index in [4.69, 9.17) is 0 Å². The zero-order chi connectivity index (χ0) is 17.8. The lowest BCUT2D eigenvalue weighted by Crippen LogP contribution is -2.38. The summed E-state index contributed by atoms with van der Waals surface area (Å²) < 4.78 is 0. The number of piperidine rings is 1. The van der Waals surface area contributed by atoms with E-state index in [-0.39, 0.29) is 11.8 Å². The molecule has 130 valence electrons. The van der Waals surface area contributed by atoms with Crippen LogP contribution < -0.4 is 5.32 Å². The lowest BCUT2D eigenvalue weighted by atomic mass is 9.98. The van der Waals surface area contributed by atoms with Gasteiger partial charge in [0.05, 0.1) is 11.1 Å². The Balaban J connectivity index is 1.72. The summed E-state index contributed by atoms with van der Waals surface area (Å²) >= 11 is 0. The van der Waals surface area contributed by atoms with Crippen LogP contribution >= 0.6 is 0 Å². The summed E-state index contributed by atoms with van der Waals surface area (Å²) in [5.74, 6) is 0.346. The van der Waals surface area contributed by atoms with E-state index in [9.17, 15) is 9.59 Å². The van der Waals surface area contributed by atoms with Crippen LogP contribution in [0.3, 0.4) is 0 Å². The molecule has 3 rings (SSSR count). The summed E-state index contributed by atoms with van der Waals surface area (Å²) in [5.41, 5.74) is 2.65. The molecule has 1 aliphatic heterocycles. The molecule has 0 saturated carbocycles. The fraction of sp³-hybridized carbons (Fsp3) is 0.350. The molecule has 0 radical (unpaired) electrons. The molecule has 1 fully saturated rings. The van der Waals surface area contributed by atoms with Crippen LogP contribution in [0.1, 0.15) is 46.0 Å². The number of pyridine rings is 1. The number of nitrogens with zero attached hydrogens (tertiary/aromatic N) is 2. The number of benzene rings is 1. The molecule has 0 atom stereocenters. The van der Waals surface area contributed by atoms with Gasteiger partial charge >= 0.3 is 0 Å². The minimum Gasteiger partial charge on any atom is -0.339 e. The van der Waals surface area contributed by atoms with Gasteiger partial charge in [-0.15, -0.1) is 0 Å². The van der Waals surface area contributed by atoms with Gasteiger partial charge in [-0.1, -0.05) is 19.1 Å². The number of anilines is 1. The standard InChI is InChI=1S/C20H23N3O2/c1-14-6-8-23(9-7-14)20(25)17-11-16(12-21-13-17)19(24)22-18-5-3-4-15(2)10-18/h3-5,10-14H,6-9H2,1-2H3,(H,22,24). The second-order valence-corrected chi connectivity index (χ2v) is 6.76. The van der Waals surface area contributed by atoms with E-state index in [1.807, 2.05) is 36.1 Å². The molecular weight excluding hydrogens is 314 g/mol. The Hall–Kier alpha value is -2.69. The highest BCUT2D eigenvalue weighted by molar-refractivity contribution is 6.05. The molecular formula is C20H23N3O2. The van der Waals surface area contributed by atoms with Crippen LogP contribution in [0.25, 0.3) is 0 Å². The number of nitrogens with one attached hydrogen (secondary N) is 1. The monoisotopic (exact) mass is 337 g/mol. The van der Waals surface area contributed by atoms with Gasteiger partial charge in [-0.05, 0) is 49.4 Å². The van der Waals surface area contributed by atoms with E-state index >= 15 is 0 Å². The maximum Gasteiger partial charge on any atom is 0.257 e. The van der Waals surface area contributed by atoms with Crippen molar-refractivity contribution in [3.63, 3.8) is 0 Å². The van der Waals surface area contributed by atoms with Crippen LogP contribution in [-0.4, -0.2) is 34.8 Å². The number of likely N-dealkylation sites (tertiary alicyclic amines) is 1. The normalized spacial score (nSPS) is 15.0. The molecule has 1 aliphatic rings. The fourth-order valence-corrected chi connectivity index (χ4v) is 3.00. The zero-order valence-corrected chi connectivity index (χ0v) is 14.7. The Morgan fingerprint density at radius 1 is 1.12 bits per heavy atom. The van der Waals surface area contributed by atoms with Crippen LogP contribution in [0.5, 0.6) is 0 Å². The van der Waals surface area contributed by atoms with E-state index in [1.165, 1.54) is 12.4 Å². The quantitative estimate of drug-likeness (QED) is 0.932. The lowest BCUT2D eigenvalue weighted by Gasteiger charge is -2.30. The van der Waals surface area contributed by atoms with Crippen LogP contribution in [0.15, 0.2) is 42.7 Å². The Kier molecular flexibility index (Phi) is 5.12. The van der Waals surface area contributed by atoms with Gasteiger partial charge < -0.3 is 10.2 Å². The molecule has 0 spiro atoms. The molecule has 5 nitrogen and oxygen atoms in total. The first-order chi connectivity index (χ1) is 12.0. The van der Waals surface area contributed by atoms with E-state index in [2.05, 4.69) is 17.2 Å². The molecule has 0 unspecified atom stereocenters. The summed E-state index contributed by atoms with van der Waals surface area (Å²) in [6, 6.07) is 9.21. The van der Waals surface area contributed by atoms with E-state index in [1.54, 1.807) is 6.07 Å². The maximum absolute atomic E-state index is 12.6. The van der Waals surface area contributed by atoms with Crippen molar-refractivity contribution in [2.45, 2.75) is 26.7 Å². The SMILES string of the molecule is Cc1cccc(NC(=O)c2cncc(C(=O)N3CCC(C)CC3)c2)c1. The van der Waals surface area contributed by atoms with Crippen molar-refractivity contribution in [1.29, 1.82) is 0 Å².